The van der Waals surface area contributed by atoms with Crippen molar-refractivity contribution < 1.29 is 9.47 Å². The predicted molar refractivity (Wildman–Crippen MR) is 86.8 cm³/mol. The Hall–Kier alpha value is -1.59. The number of methoxy groups -OCH3 is 2. The quantitative estimate of drug-likeness (QED) is 0.866. The highest BCUT2D eigenvalue weighted by Gasteiger charge is 2.10. The van der Waals surface area contributed by atoms with Crippen LogP contribution in [0.4, 0.5) is 0 Å². The Morgan fingerprint density at radius 2 is 2.00 bits per heavy atom. The van der Waals surface area contributed by atoms with Crippen LogP contribution in [-0.4, -0.2) is 19.2 Å². The van der Waals surface area contributed by atoms with Crippen molar-refractivity contribution in [3.63, 3.8) is 0 Å². The third-order valence-electron chi connectivity index (χ3n) is 3.27. The Kier molecular flexibility index (Phi) is 5.59. The largest absolute Gasteiger partial charge is 0.493 e. The molecule has 0 bridgehead atoms. The number of hydrogen-bond donors (Lipinski definition) is 1. The number of pyridine rings is 1. The van der Waals surface area contributed by atoms with Gasteiger partial charge in [-0.15, -0.1) is 0 Å². The minimum absolute atomic E-state index is 0.714. The lowest BCUT2D eigenvalue weighted by Gasteiger charge is -2.13. The van der Waals surface area contributed by atoms with Crippen molar-refractivity contribution in [2.75, 3.05) is 14.2 Å². The average Bonchev–Trinajstić information content (AvgIpc) is 2.48. The third-order valence-corrected chi connectivity index (χ3v) is 3.86. The minimum atomic E-state index is 0.714. The highest BCUT2D eigenvalue weighted by Crippen LogP contribution is 2.36. The van der Waals surface area contributed by atoms with Crippen molar-refractivity contribution in [1.82, 2.24) is 10.3 Å². The topological polar surface area (TPSA) is 43.4 Å². The first-order chi connectivity index (χ1) is 10.2. The number of aromatic nitrogens is 1. The summed E-state index contributed by atoms with van der Waals surface area (Å²) in [5.74, 6) is 1.44. The fourth-order valence-electron chi connectivity index (χ4n) is 2.12. The molecule has 1 aromatic carbocycles. The molecule has 1 heterocycles. The highest BCUT2D eigenvalue weighted by molar-refractivity contribution is 9.10. The first kappa shape index (κ1) is 15.8. The van der Waals surface area contributed by atoms with E-state index in [1.807, 2.05) is 30.6 Å². The van der Waals surface area contributed by atoms with E-state index in [0.29, 0.717) is 5.75 Å². The maximum Gasteiger partial charge on any atom is 0.174 e. The molecule has 0 saturated heterocycles. The number of benzene rings is 1. The van der Waals surface area contributed by atoms with Crippen LogP contribution in [0.25, 0.3) is 0 Å². The Labute approximate surface area is 133 Å². The van der Waals surface area contributed by atoms with Crippen LogP contribution in [0.1, 0.15) is 16.7 Å². The summed E-state index contributed by atoms with van der Waals surface area (Å²) in [6, 6.07) is 6.05. The maximum absolute atomic E-state index is 5.35. The number of nitrogens with one attached hydrogen (secondary N) is 1. The van der Waals surface area contributed by atoms with E-state index in [-0.39, 0.29) is 0 Å². The summed E-state index contributed by atoms with van der Waals surface area (Å²) in [6.45, 7) is 3.62. The smallest absolute Gasteiger partial charge is 0.174 e. The summed E-state index contributed by atoms with van der Waals surface area (Å²) in [6.07, 6.45) is 3.70. The Bertz CT molecular complexity index is 617. The van der Waals surface area contributed by atoms with Crippen LogP contribution in [-0.2, 0) is 13.1 Å². The predicted octanol–water partition coefficient (Wildman–Crippen LogP) is 3.46. The van der Waals surface area contributed by atoms with E-state index < -0.39 is 0 Å². The van der Waals surface area contributed by atoms with Crippen LogP contribution in [0, 0.1) is 6.92 Å². The van der Waals surface area contributed by atoms with Crippen LogP contribution in [0.2, 0.25) is 0 Å². The number of nitrogens with zero attached hydrogens (tertiary/aromatic N) is 1. The van der Waals surface area contributed by atoms with Gasteiger partial charge in [0.25, 0.3) is 0 Å². The molecule has 0 unspecified atom stereocenters. The van der Waals surface area contributed by atoms with Crippen LogP contribution in [0.3, 0.4) is 0 Å². The van der Waals surface area contributed by atoms with Gasteiger partial charge in [0, 0.05) is 25.5 Å². The third kappa shape index (κ3) is 3.95. The molecule has 0 amide bonds. The summed E-state index contributed by atoms with van der Waals surface area (Å²) in [5.41, 5.74) is 3.58. The van der Waals surface area contributed by atoms with Gasteiger partial charge >= 0.3 is 0 Å². The molecular formula is C16H19BrN2O2. The van der Waals surface area contributed by atoms with Gasteiger partial charge in [-0.3, -0.25) is 4.98 Å². The van der Waals surface area contributed by atoms with Crippen molar-refractivity contribution in [2.24, 2.45) is 0 Å². The van der Waals surface area contributed by atoms with Crippen molar-refractivity contribution in [3.05, 3.63) is 51.8 Å². The molecule has 0 radical (unpaired) electrons. The number of hydrogen-bond acceptors (Lipinski definition) is 4. The van der Waals surface area contributed by atoms with E-state index in [2.05, 4.69) is 33.2 Å². The fourth-order valence-corrected chi connectivity index (χ4v) is 2.77. The zero-order chi connectivity index (χ0) is 15.2. The summed E-state index contributed by atoms with van der Waals surface area (Å²) in [4.78, 5) is 4.10. The van der Waals surface area contributed by atoms with Gasteiger partial charge in [0.2, 0.25) is 0 Å². The molecule has 0 fully saturated rings. The summed E-state index contributed by atoms with van der Waals surface area (Å²) in [5, 5.41) is 3.43. The molecule has 0 atom stereocenters. The molecule has 5 heteroatoms. The minimum Gasteiger partial charge on any atom is -0.493 e. The SMILES string of the molecule is COc1cc(CNCc2ccncc2C)cc(Br)c1OC. The summed E-state index contributed by atoms with van der Waals surface area (Å²) < 4.78 is 11.6. The van der Waals surface area contributed by atoms with Gasteiger partial charge in [0.1, 0.15) is 0 Å². The van der Waals surface area contributed by atoms with Crippen LogP contribution < -0.4 is 14.8 Å². The zero-order valence-corrected chi connectivity index (χ0v) is 14.0. The van der Waals surface area contributed by atoms with Gasteiger partial charge in [-0.2, -0.15) is 0 Å². The fraction of sp³-hybridized carbons (Fsp3) is 0.312. The molecule has 2 aromatic rings. The van der Waals surface area contributed by atoms with Crippen LogP contribution in [0.5, 0.6) is 11.5 Å². The van der Waals surface area contributed by atoms with Crippen molar-refractivity contribution >= 4 is 15.9 Å². The number of halogens is 1. The zero-order valence-electron chi connectivity index (χ0n) is 12.4. The lowest BCUT2D eigenvalue weighted by atomic mass is 10.1. The lowest BCUT2D eigenvalue weighted by molar-refractivity contribution is 0.352. The van der Waals surface area contributed by atoms with Crippen molar-refractivity contribution in [3.8, 4) is 11.5 Å². The first-order valence-electron chi connectivity index (χ1n) is 6.66. The molecule has 2 rings (SSSR count). The van der Waals surface area contributed by atoms with E-state index in [1.165, 1.54) is 11.1 Å². The number of rotatable bonds is 6. The molecule has 112 valence electrons. The molecule has 0 aliphatic carbocycles. The van der Waals surface area contributed by atoms with Gasteiger partial charge in [0.05, 0.1) is 18.7 Å². The normalized spacial score (nSPS) is 10.5. The van der Waals surface area contributed by atoms with Gasteiger partial charge < -0.3 is 14.8 Å². The Balaban J connectivity index is 2.04. The maximum atomic E-state index is 5.35. The number of ether oxygens (including phenoxy) is 2. The van der Waals surface area contributed by atoms with E-state index in [0.717, 1.165) is 28.9 Å². The van der Waals surface area contributed by atoms with Gasteiger partial charge in [-0.25, -0.2) is 0 Å². The molecule has 0 aliphatic rings. The van der Waals surface area contributed by atoms with E-state index in [4.69, 9.17) is 9.47 Å². The second-order valence-corrected chi connectivity index (χ2v) is 5.57. The molecule has 4 nitrogen and oxygen atoms in total. The van der Waals surface area contributed by atoms with E-state index >= 15 is 0 Å². The standard InChI is InChI=1S/C16H19BrN2O2/c1-11-8-18-5-4-13(11)10-19-9-12-6-14(17)16(21-3)15(7-12)20-2/h4-8,19H,9-10H2,1-3H3. The van der Waals surface area contributed by atoms with Gasteiger partial charge in [-0.05, 0) is 57.7 Å². The van der Waals surface area contributed by atoms with E-state index in [1.54, 1.807) is 14.2 Å². The second-order valence-electron chi connectivity index (χ2n) is 4.72. The number of aryl methyl sites for hydroxylation is 1. The highest BCUT2D eigenvalue weighted by atomic mass is 79.9. The monoisotopic (exact) mass is 350 g/mol. The summed E-state index contributed by atoms with van der Waals surface area (Å²) in [7, 11) is 3.27. The lowest BCUT2D eigenvalue weighted by Crippen LogP contribution is -2.13. The molecule has 0 spiro atoms. The van der Waals surface area contributed by atoms with Crippen LogP contribution in [0.15, 0.2) is 35.1 Å². The van der Waals surface area contributed by atoms with E-state index in [9.17, 15) is 0 Å². The first-order valence-corrected chi connectivity index (χ1v) is 7.45. The molecule has 1 aromatic heterocycles. The van der Waals surface area contributed by atoms with Crippen LogP contribution >= 0.6 is 15.9 Å². The van der Waals surface area contributed by atoms with Gasteiger partial charge in [-0.1, -0.05) is 0 Å². The molecule has 0 aliphatic heterocycles. The molecular weight excluding hydrogens is 332 g/mol. The van der Waals surface area contributed by atoms with Crippen molar-refractivity contribution in [2.45, 2.75) is 20.0 Å². The van der Waals surface area contributed by atoms with Gasteiger partial charge in [0.15, 0.2) is 11.5 Å². The molecule has 0 saturated carbocycles. The Morgan fingerprint density at radius 1 is 1.19 bits per heavy atom. The van der Waals surface area contributed by atoms with Crippen molar-refractivity contribution in [1.29, 1.82) is 0 Å². The molecule has 21 heavy (non-hydrogen) atoms. The second kappa shape index (κ2) is 7.43. The summed E-state index contributed by atoms with van der Waals surface area (Å²) >= 11 is 3.51. The molecule has 1 N–H and O–H groups in total. The Morgan fingerprint density at radius 3 is 2.67 bits per heavy atom. The average molecular weight is 351 g/mol.